The molecule has 3 rings (SSSR count). The number of piperidine rings is 1. The summed E-state index contributed by atoms with van der Waals surface area (Å²) in [5, 5.41) is 5.33. The second-order valence-corrected chi connectivity index (χ2v) is 14.7. The molecule has 0 spiro atoms. The molecule has 2 N–H and O–H groups in total. The van der Waals surface area contributed by atoms with Gasteiger partial charge in [-0.25, -0.2) is 0 Å². The summed E-state index contributed by atoms with van der Waals surface area (Å²) in [6, 6.07) is 3.89. The Kier molecular flexibility index (Phi) is 27.2. The predicted molar refractivity (Wildman–Crippen MR) is 221 cm³/mol. The van der Waals surface area contributed by atoms with E-state index in [1.54, 1.807) is 18.2 Å². The van der Waals surface area contributed by atoms with Crippen molar-refractivity contribution in [2.45, 2.75) is 51.7 Å². The van der Waals surface area contributed by atoms with Gasteiger partial charge < -0.3 is 62.2 Å². The summed E-state index contributed by atoms with van der Waals surface area (Å²) >= 11 is 0. The number of nitrogens with zero attached hydrogens (tertiary/aromatic N) is 1. The van der Waals surface area contributed by atoms with Crippen LogP contribution in [0.15, 0.2) is 18.2 Å². The lowest BCUT2D eigenvalue weighted by atomic mass is 10.0. The number of ether oxygens (including phenoxy) is 12. The molecule has 0 aliphatic carbocycles. The molecule has 1 atom stereocenters. The van der Waals surface area contributed by atoms with E-state index in [9.17, 15) is 24.0 Å². The monoisotopic (exact) mass is 885 g/mol. The lowest BCUT2D eigenvalue weighted by Crippen LogP contribution is -2.54. The van der Waals surface area contributed by atoms with Crippen LogP contribution in [-0.2, 0) is 71.2 Å². The van der Waals surface area contributed by atoms with E-state index in [4.69, 9.17) is 56.8 Å². The van der Waals surface area contributed by atoms with Crippen LogP contribution < -0.4 is 10.6 Å². The van der Waals surface area contributed by atoms with Crippen LogP contribution in [-0.4, -0.2) is 198 Å². The molecule has 20 heteroatoms. The minimum absolute atomic E-state index is 0.0617. The molecular weight excluding hydrogens is 818 g/mol. The Morgan fingerprint density at radius 3 is 1.40 bits per heavy atom. The first kappa shape index (κ1) is 52.7. The zero-order valence-corrected chi connectivity index (χ0v) is 36.6. The molecule has 1 aromatic carbocycles. The molecule has 4 amide bonds. The van der Waals surface area contributed by atoms with Crippen molar-refractivity contribution in [2.75, 3.05) is 157 Å². The fourth-order valence-corrected chi connectivity index (χ4v) is 5.77. The maximum absolute atomic E-state index is 13.2. The van der Waals surface area contributed by atoms with Gasteiger partial charge in [-0.1, -0.05) is 6.07 Å². The number of esters is 1. The van der Waals surface area contributed by atoms with Gasteiger partial charge in [-0.3, -0.25) is 34.2 Å². The topological polar surface area (TPSA) is 223 Å². The Morgan fingerprint density at radius 2 is 1.00 bits per heavy atom. The van der Waals surface area contributed by atoms with Gasteiger partial charge in [-0.2, -0.15) is 0 Å². The standard InChI is InChI=1S/C42H67N3O17/c1-42(2,3)62-37(47)9-11-51-13-15-53-17-19-55-21-23-57-25-27-59-29-31-61-32-30-60-28-26-58-24-22-56-20-18-54-16-14-52-12-10-43-34-6-4-5-33-38(34)41(50)45(40(33)49)35-7-8-36(46)44-39(35)48/h4-6,35,43H,7-32H2,1-3H3,(H,44,46,48). The van der Waals surface area contributed by atoms with Crippen molar-refractivity contribution in [3.8, 4) is 0 Å². The summed E-state index contributed by atoms with van der Waals surface area (Å²) in [6.45, 7) is 15.3. The summed E-state index contributed by atoms with van der Waals surface area (Å²) in [5.74, 6) is -2.46. The van der Waals surface area contributed by atoms with Crippen LogP contribution in [0.3, 0.4) is 0 Å². The molecule has 1 aromatic rings. The Morgan fingerprint density at radius 1 is 0.597 bits per heavy atom. The average Bonchev–Trinajstić information content (AvgIpc) is 3.48. The minimum Gasteiger partial charge on any atom is -0.460 e. The quantitative estimate of drug-likeness (QED) is 0.0544. The summed E-state index contributed by atoms with van der Waals surface area (Å²) < 4.78 is 65.5. The molecule has 2 aliphatic rings. The number of anilines is 1. The van der Waals surface area contributed by atoms with Gasteiger partial charge in [0.2, 0.25) is 11.8 Å². The summed E-state index contributed by atoms with van der Waals surface area (Å²) in [5.41, 5.74) is 0.407. The molecule has 20 nitrogen and oxygen atoms in total. The van der Waals surface area contributed by atoms with Gasteiger partial charge in [0.15, 0.2) is 0 Å². The molecule has 0 radical (unpaired) electrons. The Balaban J connectivity index is 0.974. The normalized spacial score (nSPS) is 15.3. The molecule has 1 unspecified atom stereocenters. The first-order chi connectivity index (χ1) is 30.1. The molecule has 1 saturated heterocycles. The fourth-order valence-electron chi connectivity index (χ4n) is 5.77. The number of amides is 4. The molecular formula is C42H67N3O17. The maximum atomic E-state index is 13.2. The molecule has 0 saturated carbocycles. The third kappa shape index (κ3) is 22.6. The Bertz CT molecular complexity index is 1460. The zero-order valence-electron chi connectivity index (χ0n) is 36.6. The molecule has 62 heavy (non-hydrogen) atoms. The molecule has 2 heterocycles. The van der Waals surface area contributed by atoms with Crippen molar-refractivity contribution >= 4 is 35.3 Å². The number of imide groups is 2. The molecule has 0 bridgehead atoms. The predicted octanol–water partition coefficient (Wildman–Crippen LogP) is 1.41. The smallest absolute Gasteiger partial charge is 0.308 e. The average molecular weight is 886 g/mol. The fraction of sp³-hybridized carbons (Fsp3) is 0.738. The highest BCUT2D eigenvalue weighted by molar-refractivity contribution is 6.25. The largest absolute Gasteiger partial charge is 0.460 e. The van der Waals surface area contributed by atoms with Gasteiger partial charge in [0, 0.05) is 18.7 Å². The molecule has 0 aromatic heterocycles. The highest BCUT2D eigenvalue weighted by atomic mass is 16.6. The van der Waals surface area contributed by atoms with Crippen molar-refractivity contribution in [2.24, 2.45) is 0 Å². The van der Waals surface area contributed by atoms with Crippen LogP contribution in [0.1, 0.15) is 60.7 Å². The van der Waals surface area contributed by atoms with Crippen molar-refractivity contribution in [3.63, 3.8) is 0 Å². The van der Waals surface area contributed by atoms with Crippen LogP contribution >= 0.6 is 0 Å². The number of nitrogens with one attached hydrogen (secondary N) is 2. The van der Waals surface area contributed by atoms with Gasteiger partial charge in [0.25, 0.3) is 11.8 Å². The van der Waals surface area contributed by atoms with Crippen LogP contribution in [0.2, 0.25) is 0 Å². The van der Waals surface area contributed by atoms with E-state index in [0.717, 1.165) is 4.90 Å². The first-order valence-corrected chi connectivity index (χ1v) is 21.2. The van der Waals surface area contributed by atoms with E-state index in [-0.39, 0.29) is 36.4 Å². The minimum atomic E-state index is -1.02. The van der Waals surface area contributed by atoms with Gasteiger partial charge in [0.1, 0.15) is 11.6 Å². The van der Waals surface area contributed by atoms with Crippen molar-refractivity contribution < 1.29 is 80.8 Å². The number of fused-ring (bicyclic) bond motifs is 1. The highest BCUT2D eigenvalue weighted by Crippen LogP contribution is 2.32. The van der Waals surface area contributed by atoms with E-state index >= 15 is 0 Å². The highest BCUT2D eigenvalue weighted by Gasteiger charge is 2.45. The van der Waals surface area contributed by atoms with E-state index in [0.29, 0.717) is 158 Å². The second-order valence-electron chi connectivity index (χ2n) is 14.7. The number of rotatable bonds is 38. The second kappa shape index (κ2) is 32.1. The van der Waals surface area contributed by atoms with E-state index in [1.165, 1.54) is 0 Å². The number of hydrogen-bond donors (Lipinski definition) is 2. The van der Waals surface area contributed by atoms with E-state index in [2.05, 4.69) is 10.6 Å². The first-order valence-electron chi connectivity index (χ1n) is 21.2. The van der Waals surface area contributed by atoms with Crippen molar-refractivity contribution in [1.29, 1.82) is 0 Å². The number of benzene rings is 1. The van der Waals surface area contributed by atoms with Gasteiger partial charge in [0.05, 0.1) is 163 Å². The van der Waals surface area contributed by atoms with Crippen LogP contribution in [0.5, 0.6) is 0 Å². The van der Waals surface area contributed by atoms with Crippen molar-refractivity contribution in [3.05, 3.63) is 29.3 Å². The molecule has 352 valence electrons. The number of carbonyl (C=O) groups is 5. The molecule has 2 aliphatic heterocycles. The summed E-state index contributed by atoms with van der Waals surface area (Å²) in [4.78, 5) is 62.5. The Hall–Kier alpha value is -3.67. The third-order valence-electron chi connectivity index (χ3n) is 8.62. The van der Waals surface area contributed by atoms with Crippen molar-refractivity contribution in [1.82, 2.24) is 10.2 Å². The van der Waals surface area contributed by atoms with Gasteiger partial charge in [-0.05, 0) is 39.3 Å². The van der Waals surface area contributed by atoms with Crippen LogP contribution in [0.4, 0.5) is 5.69 Å². The van der Waals surface area contributed by atoms with E-state index in [1.807, 2.05) is 20.8 Å². The van der Waals surface area contributed by atoms with Gasteiger partial charge in [-0.15, -0.1) is 0 Å². The third-order valence-corrected chi connectivity index (χ3v) is 8.62. The van der Waals surface area contributed by atoms with Gasteiger partial charge >= 0.3 is 5.97 Å². The van der Waals surface area contributed by atoms with Crippen LogP contribution in [0, 0.1) is 0 Å². The summed E-state index contributed by atoms with van der Waals surface area (Å²) in [6.07, 6.45) is 0.380. The SMILES string of the molecule is CC(C)(C)OC(=O)CCOCCOCCOCCOCCOCCOCCOCCOCCOCCOCCOCCNc1cccc2c1C(=O)N(C1CCC(=O)NC1=O)C2=O. The lowest BCUT2D eigenvalue weighted by Gasteiger charge is -2.27. The van der Waals surface area contributed by atoms with Crippen LogP contribution in [0.25, 0.3) is 0 Å². The zero-order chi connectivity index (χ0) is 44.7. The Labute approximate surface area is 364 Å². The number of hydrogen-bond acceptors (Lipinski definition) is 18. The lowest BCUT2D eigenvalue weighted by molar-refractivity contribution is -0.156. The molecule has 1 fully saturated rings. The maximum Gasteiger partial charge on any atom is 0.308 e. The summed E-state index contributed by atoms with van der Waals surface area (Å²) in [7, 11) is 0. The van der Waals surface area contributed by atoms with E-state index < -0.39 is 35.3 Å². The number of carbonyl (C=O) groups excluding carboxylic acids is 5.